The van der Waals surface area contributed by atoms with E-state index in [0.29, 0.717) is 25.3 Å². The third kappa shape index (κ3) is 5.55. The van der Waals surface area contributed by atoms with Gasteiger partial charge in [0.25, 0.3) is 0 Å². The first-order chi connectivity index (χ1) is 14.1. The van der Waals surface area contributed by atoms with Gasteiger partial charge in [0, 0.05) is 49.7 Å². The van der Waals surface area contributed by atoms with Gasteiger partial charge in [0.1, 0.15) is 11.6 Å². The molecule has 1 N–H and O–H groups in total. The summed E-state index contributed by atoms with van der Waals surface area (Å²) in [5.41, 5.74) is 2.73. The Kier molecular flexibility index (Phi) is 7.61. The van der Waals surface area contributed by atoms with Gasteiger partial charge < -0.3 is 14.7 Å². The molecule has 1 aliphatic rings. The van der Waals surface area contributed by atoms with E-state index in [9.17, 15) is 9.50 Å². The SMILES string of the molecule is CCN(CC)c1ccc(C=NC[C@@H](c2ccc(F)cc2)N2CCOCC2)c(O)c1. The summed E-state index contributed by atoms with van der Waals surface area (Å²) in [5, 5.41) is 10.4. The van der Waals surface area contributed by atoms with Crippen molar-refractivity contribution >= 4 is 11.9 Å². The number of phenols is 1. The monoisotopic (exact) mass is 399 g/mol. The molecule has 0 amide bonds. The highest BCUT2D eigenvalue weighted by atomic mass is 19.1. The molecule has 0 bridgehead atoms. The maximum atomic E-state index is 13.4. The Labute approximate surface area is 172 Å². The van der Waals surface area contributed by atoms with E-state index in [4.69, 9.17) is 4.74 Å². The quantitative estimate of drug-likeness (QED) is 0.685. The molecule has 6 heteroatoms. The van der Waals surface area contributed by atoms with Crippen molar-refractivity contribution in [2.75, 3.05) is 50.8 Å². The van der Waals surface area contributed by atoms with Crippen molar-refractivity contribution in [1.29, 1.82) is 0 Å². The Morgan fingerprint density at radius 1 is 1.14 bits per heavy atom. The topological polar surface area (TPSA) is 48.3 Å². The van der Waals surface area contributed by atoms with Gasteiger partial charge in [-0.2, -0.15) is 0 Å². The second-order valence-electron chi connectivity index (χ2n) is 7.13. The number of anilines is 1. The van der Waals surface area contributed by atoms with E-state index >= 15 is 0 Å². The van der Waals surface area contributed by atoms with Gasteiger partial charge in [-0.3, -0.25) is 9.89 Å². The number of aliphatic imine (C=N–C) groups is 1. The van der Waals surface area contributed by atoms with Crippen LogP contribution in [0.25, 0.3) is 0 Å². The number of aromatic hydroxyl groups is 1. The molecular weight excluding hydrogens is 369 g/mol. The van der Waals surface area contributed by atoms with Crippen LogP contribution in [0.5, 0.6) is 5.75 Å². The summed E-state index contributed by atoms with van der Waals surface area (Å²) in [6.07, 6.45) is 1.72. The molecule has 0 radical (unpaired) electrons. The molecule has 3 rings (SSSR count). The number of rotatable bonds is 8. The highest BCUT2D eigenvalue weighted by Gasteiger charge is 2.22. The fourth-order valence-electron chi connectivity index (χ4n) is 3.68. The van der Waals surface area contributed by atoms with Crippen molar-refractivity contribution in [2.45, 2.75) is 19.9 Å². The highest BCUT2D eigenvalue weighted by Crippen LogP contribution is 2.25. The average Bonchev–Trinajstić information content (AvgIpc) is 2.75. The molecule has 2 aromatic carbocycles. The van der Waals surface area contributed by atoms with E-state index in [1.54, 1.807) is 12.3 Å². The fourth-order valence-corrected chi connectivity index (χ4v) is 3.68. The molecule has 0 spiro atoms. The zero-order valence-electron chi connectivity index (χ0n) is 17.2. The number of benzene rings is 2. The minimum atomic E-state index is -0.240. The number of nitrogens with zero attached hydrogens (tertiary/aromatic N) is 3. The molecule has 0 aromatic heterocycles. The molecule has 1 atom stereocenters. The van der Waals surface area contributed by atoms with Gasteiger partial charge in [0.05, 0.1) is 25.8 Å². The van der Waals surface area contributed by atoms with Crippen molar-refractivity contribution in [1.82, 2.24) is 4.90 Å². The summed E-state index contributed by atoms with van der Waals surface area (Å²) in [5.74, 6) is -0.0148. The normalized spacial score (nSPS) is 16.2. The molecule has 1 fully saturated rings. The number of hydrogen-bond acceptors (Lipinski definition) is 5. The second kappa shape index (κ2) is 10.4. The van der Waals surface area contributed by atoms with E-state index in [-0.39, 0.29) is 17.6 Å². The van der Waals surface area contributed by atoms with Gasteiger partial charge in [-0.1, -0.05) is 12.1 Å². The van der Waals surface area contributed by atoms with Crippen molar-refractivity contribution in [2.24, 2.45) is 4.99 Å². The zero-order chi connectivity index (χ0) is 20.6. The number of hydrogen-bond donors (Lipinski definition) is 1. The molecule has 1 saturated heterocycles. The predicted octanol–water partition coefficient (Wildman–Crippen LogP) is 3.87. The molecular formula is C23H30FN3O2. The predicted molar refractivity (Wildman–Crippen MR) is 116 cm³/mol. The van der Waals surface area contributed by atoms with Crippen LogP contribution >= 0.6 is 0 Å². The lowest BCUT2D eigenvalue weighted by Crippen LogP contribution is -2.40. The molecule has 29 heavy (non-hydrogen) atoms. The molecule has 1 heterocycles. The zero-order valence-corrected chi connectivity index (χ0v) is 17.2. The molecule has 1 aliphatic heterocycles. The lowest BCUT2D eigenvalue weighted by molar-refractivity contribution is 0.0180. The van der Waals surface area contributed by atoms with E-state index < -0.39 is 0 Å². The number of phenolic OH excluding ortho intramolecular Hbond substituents is 1. The molecule has 0 aliphatic carbocycles. The minimum Gasteiger partial charge on any atom is -0.507 e. The van der Waals surface area contributed by atoms with Crippen LogP contribution in [-0.2, 0) is 4.74 Å². The van der Waals surface area contributed by atoms with Gasteiger partial charge in [0.2, 0.25) is 0 Å². The third-order valence-corrected chi connectivity index (χ3v) is 5.39. The number of halogens is 1. The summed E-state index contributed by atoms with van der Waals surface area (Å²) in [6, 6.07) is 12.4. The molecule has 2 aromatic rings. The molecule has 0 saturated carbocycles. The first kappa shape index (κ1) is 21.3. The van der Waals surface area contributed by atoms with E-state index in [2.05, 4.69) is 28.6 Å². The van der Waals surface area contributed by atoms with Crippen molar-refractivity contribution in [3.8, 4) is 5.75 Å². The van der Waals surface area contributed by atoms with Crippen LogP contribution in [-0.4, -0.2) is 62.2 Å². The lowest BCUT2D eigenvalue weighted by Gasteiger charge is -2.34. The van der Waals surface area contributed by atoms with Crippen molar-refractivity contribution in [3.05, 3.63) is 59.4 Å². The molecule has 156 valence electrons. The highest BCUT2D eigenvalue weighted by molar-refractivity contribution is 5.84. The first-order valence-corrected chi connectivity index (χ1v) is 10.3. The maximum Gasteiger partial charge on any atom is 0.126 e. The van der Waals surface area contributed by atoms with Crippen LogP contribution in [0.3, 0.4) is 0 Å². The Morgan fingerprint density at radius 3 is 2.45 bits per heavy atom. The summed E-state index contributed by atoms with van der Waals surface area (Å²) >= 11 is 0. The number of ether oxygens (including phenoxy) is 1. The summed E-state index contributed by atoms with van der Waals surface area (Å²) in [4.78, 5) is 9.12. The Balaban J connectivity index is 1.74. The Morgan fingerprint density at radius 2 is 1.83 bits per heavy atom. The maximum absolute atomic E-state index is 13.4. The van der Waals surface area contributed by atoms with E-state index in [0.717, 1.165) is 37.4 Å². The lowest BCUT2D eigenvalue weighted by atomic mass is 10.0. The largest absolute Gasteiger partial charge is 0.507 e. The van der Waals surface area contributed by atoms with Gasteiger partial charge >= 0.3 is 0 Å². The second-order valence-corrected chi connectivity index (χ2v) is 7.13. The fraction of sp³-hybridized carbons (Fsp3) is 0.435. The Bertz CT molecular complexity index is 800. The van der Waals surface area contributed by atoms with E-state index in [1.165, 1.54) is 12.1 Å². The summed E-state index contributed by atoms with van der Waals surface area (Å²) < 4.78 is 18.8. The van der Waals surface area contributed by atoms with Crippen molar-refractivity contribution in [3.63, 3.8) is 0 Å². The van der Waals surface area contributed by atoms with Gasteiger partial charge in [0.15, 0.2) is 0 Å². The third-order valence-electron chi connectivity index (χ3n) is 5.39. The van der Waals surface area contributed by atoms with Gasteiger partial charge in [-0.05, 0) is 43.7 Å². The van der Waals surface area contributed by atoms with Gasteiger partial charge in [-0.15, -0.1) is 0 Å². The summed E-state index contributed by atoms with van der Waals surface area (Å²) in [7, 11) is 0. The van der Waals surface area contributed by atoms with Crippen LogP contribution < -0.4 is 4.90 Å². The molecule has 5 nitrogen and oxygen atoms in total. The van der Waals surface area contributed by atoms with Crippen molar-refractivity contribution < 1.29 is 14.2 Å². The van der Waals surface area contributed by atoms with Crippen LogP contribution in [0.2, 0.25) is 0 Å². The standard InChI is InChI=1S/C23H30FN3O2/c1-3-26(4-2)21-10-7-19(23(28)15-21)16-25-17-22(27-11-13-29-14-12-27)18-5-8-20(24)9-6-18/h5-10,15-16,22,28H,3-4,11-14,17H2,1-2H3/t22-/m0/s1. The smallest absolute Gasteiger partial charge is 0.126 e. The summed E-state index contributed by atoms with van der Waals surface area (Å²) in [6.45, 7) is 9.52. The van der Waals surface area contributed by atoms with E-state index in [1.807, 2.05) is 24.3 Å². The van der Waals surface area contributed by atoms with Crippen LogP contribution in [0.1, 0.15) is 31.0 Å². The van der Waals surface area contributed by atoms with Crippen LogP contribution in [0, 0.1) is 5.82 Å². The average molecular weight is 400 g/mol. The minimum absolute atomic E-state index is 0.0489. The number of morpholine rings is 1. The Hall–Kier alpha value is -2.44. The van der Waals surface area contributed by atoms with Crippen LogP contribution in [0.15, 0.2) is 47.5 Å². The van der Waals surface area contributed by atoms with Crippen LogP contribution in [0.4, 0.5) is 10.1 Å². The van der Waals surface area contributed by atoms with Gasteiger partial charge in [-0.25, -0.2) is 4.39 Å². The molecule has 0 unspecified atom stereocenters. The first-order valence-electron chi connectivity index (χ1n) is 10.3.